The van der Waals surface area contributed by atoms with Gasteiger partial charge in [-0.25, -0.2) is 4.98 Å². The third-order valence-corrected chi connectivity index (χ3v) is 1.97. The first-order valence-corrected chi connectivity index (χ1v) is 4.21. The van der Waals surface area contributed by atoms with E-state index in [2.05, 4.69) is 24.9 Å². The summed E-state index contributed by atoms with van der Waals surface area (Å²) >= 11 is 1.34. The van der Waals surface area contributed by atoms with E-state index in [-0.39, 0.29) is 0 Å². The average Bonchev–Trinajstić information content (AvgIpc) is 2.74. The minimum absolute atomic E-state index is 0.704. The fourth-order valence-corrected chi connectivity index (χ4v) is 1.23. The van der Waals surface area contributed by atoms with E-state index in [9.17, 15) is 0 Å². The first kappa shape index (κ1) is 7.23. The van der Waals surface area contributed by atoms with Gasteiger partial charge in [-0.3, -0.25) is 5.10 Å². The van der Waals surface area contributed by atoms with Crippen molar-refractivity contribution in [2.75, 3.05) is 5.32 Å². The van der Waals surface area contributed by atoms with Crippen LogP contribution in [0.5, 0.6) is 0 Å². The van der Waals surface area contributed by atoms with Crippen molar-refractivity contribution in [2.24, 2.45) is 0 Å². The number of hydrogen-bond donors (Lipinski definition) is 2. The van der Waals surface area contributed by atoms with Gasteiger partial charge in [-0.1, -0.05) is 0 Å². The lowest BCUT2D eigenvalue weighted by Crippen LogP contribution is -1.98. The molecule has 2 rings (SSSR count). The molecule has 2 aromatic rings. The third kappa shape index (κ3) is 1.59. The highest BCUT2D eigenvalue weighted by Gasteiger charge is 1.95. The summed E-state index contributed by atoms with van der Waals surface area (Å²) in [5, 5.41) is 10.6. The molecule has 0 saturated carbocycles. The van der Waals surface area contributed by atoms with Crippen molar-refractivity contribution in [3.8, 4) is 0 Å². The zero-order chi connectivity index (χ0) is 8.23. The first-order chi connectivity index (χ1) is 5.95. The highest BCUT2D eigenvalue weighted by atomic mass is 32.1. The van der Waals surface area contributed by atoms with Gasteiger partial charge < -0.3 is 5.32 Å². The molecule has 5 nitrogen and oxygen atoms in total. The molecule has 0 radical (unpaired) electrons. The average molecular weight is 181 g/mol. The van der Waals surface area contributed by atoms with Gasteiger partial charge in [0.15, 0.2) is 0 Å². The molecule has 0 atom stereocenters. The Kier molecular flexibility index (Phi) is 2.00. The van der Waals surface area contributed by atoms with Crippen LogP contribution in [-0.2, 0) is 6.54 Å². The lowest BCUT2D eigenvalue weighted by atomic mass is 10.4. The number of aromatic nitrogens is 4. The zero-order valence-electron chi connectivity index (χ0n) is 6.19. The molecule has 0 aromatic carbocycles. The van der Waals surface area contributed by atoms with Gasteiger partial charge in [0.1, 0.15) is 6.33 Å². The molecule has 2 heterocycles. The van der Waals surface area contributed by atoms with E-state index in [0.29, 0.717) is 6.54 Å². The zero-order valence-corrected chi connectivity index (χ0v) is 7.01. The number of nitrogens with zero attached hydrogens (tertiary/aromatic N) is 3. The quantitative estimate of drug-likeness (QED) is 0.737. The van der Waals surface area contributed by atoms with Crippen molar-refractivity contribution in [3.63, 3.8) is 0 Å². The Hall–Kier alpha value is -1.43. The van der Waals surface area contributed by atoms with Crippen LogP contribution < -0.4 is 5.32 Å². The largest absolute Gasteiger partial charge is 0.355 e. The Balaban J connectivity index is 1.91. The smallest absolute Gasteiger partial charge is 0.202 e. The van der Waals surface area contributed by atoms with Crippen molar-refractivity contribution < 1.29 is 0 Å². The fraction of sp³-hybridized carbons (Fsp3) is 0.167. The maximum Gasteiger partial charge on any atom is 0.202 e. The summed E-state index contributed by atoms with van der Waals surface area (Å²) in [7, 11) is 0. The maximum atomic E-state index is 3.98. The van der Waals surface area contributed by atoms with Gasteiger partial charge in [0.2, 0.25) is 5.13 Å². The topological polar surface area (TPSA) is 66.5 Å². The van der Waals surface area contributed by atoms with Crippen molar-refractivity contribution in [1.82, 2.24) is 19.6 Å². The molecule has 0 unspecified atom stereocenters. The summed E-state index contributed by atoms with van der Waals surface area (Å²) < 4.78 is 3.86. The molecular weight excluding hydrogens is 174 g/mol. The number of anilines is 1. The lowest BCUT2D eigenvalue weighted by Gasteiger charge is -1.96. The summed E-state index contributed by atoms with van der Waals surface area (Å²) in [6.45, 7) is 0.704. The molecule has 0 bridgehead atoms. The minimum Gasteiger partial charge on any atom is -0.355 e. The van der Waals surface area contributed by atoms with E-state index >= 15 is 0 Å². The van der Waals surface area contributed by atoms with Crippen LogP contribution in [0.1, 0.15) is 5.69 Å². The number of H-pyrrole nitrogens is 1. The van der Waals surface area contributed by atoms with Crippen LogP contribution in [0.3, 0.4) is 0 Å². The van der Waals surface area contributed by atoms with Crippen molar-refractivity contribution in [2.45, 2.75) is 6.54 Å². The van der Waals surface area contributed by atoms with Gasteiger partial charge in [-0.15, -0.1) is 0 Å². The number of aromatic amines is 1. The second kappa shape index (κ2) is 3.31. The number of hydrogen-bond acceptors (Lipinski definition) is 5. The van der Waals surface area contributed by atoms with Gasteiger partial charge in [0.05, 0.1) is 12.2 Å². The Morgan fingerprint density at radius 3 is 3.25 bits per heavy atom. The minimum atomic E-state index is 0.704. The van der Waals surface area contributed by atoms with Gasteiger partial charge in [0, 0.05) is 17.7 Å². The molecule has 0 fully saturated rings. The third-order valence-electron chi connectivity index (χ3n) is 1.35. The van der Waals surface area contributed by atoms with E-state index in [0.717, 1.165) is 10.8 Å². The Labute approximate surface area is 73.0 Å². The summed E-state index contributed by atoms with van der Waals surface area (Å²) in [4.78, 5) is 3.98. The van der Waals surface area contributed by atoms with Gasteiger partial charge in [-0.05, 0) is 6.07 Å². The van der Waals surface area contributed by atoms with Crippen LogP contribution in [0.4, 0.5) is 5.13 Å². The normalized spacial score (nSPS) is 10.0. The van der Waals surface area contributed by atoms with Crippen molar-refractivity contribution in [3.05, 3.63) is 24.3 Å². The predicted octanol–water partition coefficient (Wildman–Crippen LogP) is 0.873. The Bertz CT molecular complexity index is 279. The second-order valence-corrected chi connectivity index (χ2v) is 2.96. The number of rotatable bonds is 3. The predicted molar refractivity (Wildman–Crippen MR) is 45.8 cm³/mol. The van der Waals surface area contributed by atoms with Gasteiger partial charge in [-0.2, -0.15) is 9.47 Å². The van der Waals surface area contributed by atoms with Gasteiger partial charge in [0.25, 0.3) is 0 Å². The molecule has 12 heavy (non-hydrogen) atoms. The van der Waals surface area contributed by atoms with E-state index in [4.69, 9.17) is 0 Å². The SMILES string of the molecule is c1cc(CNc2ncns2)[nH]n1. The highest BCUT2D eigenvalue weighted by molar-refractivity contribution is 7.09. The molecular formula is C6H7N5S. The highest BCUT2D eigenvalue weighted by Crippen LogP contribution is 2.07. The lowest BCUT2D eigenvalue weighted by molar-refractivity contribution is 0.979. The second-order valence-electron chi connectivity index (χ2n) is 2.18. The summed E-state index contributed by atoms with van der Waals surface area (Å²) in [6, 6.07) is 1.91. The molecule has 0 amide bonds. The van der Waals surface area contributed by atoms with Crippen LogP contribution in [0.25, 0.3) is 0 Å². The molecule has 2 aromatic heterocycles. The molecule has 6 heteroatoms. The van der Waals surface area contributed by atoms with Crippen molar-refractivity contribution >= 4 is 16.7 Å². The Morgan fingerprint density at radius 1 is 1.58 bits per heavy atom. The van der Waals surface area contributed by atoms with E-state index in [1.54, 1.807) is 6.20 Å². The van der Waals surface area contributed by atoms with Crippen LogP contribution in [0, 0.1) is 0 Å². The summed E-state index contributed by atoms with van der Waals surface area (Å²) in [5.74, 6) is 0. The molecule has 62 valence electrons. The molecule has 0 saturated heterocycles. The molecule has 0 spiro atoms. The molecule has 0 aliphatic carbocycles. The van der Waals surface area contributed by atoms with Crippen LogP contribution in [0.2, 0.25) is 0 Å². The number of nitrogens with one attached hydrogen (secondary N) is 2. The monoisotopic (exact) mass is 181 g/mol. The standard InChI is InChI=1S/C6H7N5S/c1-2-9-11-5(1)3-7-6-8-4-10-12-6/h1-2,4H,3H2,(H,9,11)(H,7,8,10). The van der Waals surface area contributed by atoms with E-state index in [1.165, 1.54) is 17.9 Å². The maximum absolute atomic E-state index is 3.98. The fourth-order valence-electron chi connectivity index (χ4n) is 0.805. The van der Waals surface area contributed by atoms with E-state index in [1.807, 2.05) is 6.07 Å². The molecule has 0 aliphatic heterocycles. The van der Waals surface area contributed by atoms with Gasteiger partial charge >= 0.3 is 0 Å². The first-order valence-electron chi connectivity index (χ1n) is 3.44. The van der Waals surface area contributed by atoms with Crippen molar-refractivity contribution in [1.29, 1.82) is 0 Å². The van der Waals surface area contributed by atoms with Crippen LogP contribution >= 0.6 is 11.5 Å². The van der Waals surface area contributed by atoms with Crippen LogP contribution in [0.15, 0.2) is 18.6 Å². The van der Waals surface area contributed by atoms with E-state index < -0.39 is 0 Å². The Morgan fingerprint density at radius 2 is 2.58 bits per heavy atom. The summed E-state index contributed by atoms with van der Waals surface area (Å²) in [6.07, 6.45) is 3.25. The molecule has 2 N–H and O–H groups in total. The van der Waals surface area contributed by atoms with Crippen LogP contribution in [-0.4, -0.2) is 19.6 Å². The summed E-state index contributed by atoms with van der Waals surface area (Å²) in [5.41, 5.74) is 1.03. The molecule has 0 aliphatic rings.